The van der Waals surface area contributed by atoms with E-state index >= 15 is 0 Å². The highest BCUT2D eigenvalue weighted by Gasteiger charge is 2.06. The molecule has 7 heteroatoms. The lowest BCUT2D eigenvalue weighted by atomic mass is 10.1. The predicted octanol–water partition coefficient (Wildman–Crippen LogP) is 3.91. The number of nitrogens with zero attached hydrogens (tertiary/aromatic N) is 1. The van der Waals surface area contributed by atoms with E-state index in [0.29, 0.717) is 14.9 Å². The fourth-order valence-electron chi connectivity index (χ4n) is 1.84. The molecule has 2 aromatic carbocycles. The molecule has 0 heterocycles. The van der Waals surface area contributed by atoms with Crippen LogP contribution in [-0.2, 0) is 4.79 Å². The summed E-state index contributed by atoms with van der Waals surface area (Å²) in [6, 6.07) is 9.13. The lowest BCUT2D eigenvalue weighted by molar-refractivity contribution is -0.123. The summed E-state index contributed by atoms with van der Waals surface area (Å²) in [7, 11) is 0. The van der Waals surface area contributed by atoms with Crippen molar-refractivity contribution in [3.8, 4) is 11.5 Å². The third kappa shape index (κ3) is 5.20. The molecule has 0 atom stereocenters. The van der Waals surface area contributed by atoms with Crippen molar-refractivity contribution in [3.63, 3.8) is 0 Å². The van der Waals surface area contributed by atoms with Crippen LogP contribution in [0.2, 0.25) is 0 Å². The minimum absolute atomic E-state index is 0.114. The van der Waals surface area contributed by atoms with Gasteiger partial charge in [-0.1, -0.05) is 22.0 Å². The first-order valence-electron chi connectivity index (χ1n) is 7.07. The number of carbonyl (C=O) groups is 1. The van der Waals surface area contributed by atoms with Crippen LogP contribution in [0, 0.1) is 17.4 Å². The van der Waals surface area contributed by atoms with Crippen LogP contribution in [0.1, 0.15) is 16.7 Å². The minimum Gasteiger partial charge on any atom is -0.506 e. The van der Waals surface area contributed by atoms with Crippen molar-refractivity contribution in [1.29, 1.82) is 0 Å². The van der Waals surface area contributed by atoms with E-state index < -0.39 is 0 Å². The van der Waals surface area contributed by atoms with Crippen molar-refractivity contribution >= 4 is 50.6 Å². The van der Waals surface area contributed by atoms with Crippen LogP contribution in [0.3, 0.4) is 0 Å². The molecule has 0 saturated carbocycles. The van der Waals surface area contributed by atoms with Gasteiger partial charge in [0.2, 0.25) is 0 Å². The quantitative estimate of drug-likeness (QED) is 0.370. The van der Waals surface area contributed by atoms with Gasteiger partial charge in [0.15, 0.2) is 6.61 Å². The third-order valence-electron chi connectivity index (χ3n) is 3.30. The largest absolute Gasteiger partial charge is 0.506 e. The lowest BCUT2D eigenvalue weighted by Gasteiger charge is -2.07. The number of phenolic OH excluding ortho intramolecular Hbond substituents is 1. The van der Waals surface area contributed by atoms with Crippen molar-refractivity contribution in [2.75, 3.05) is 6.61 Å². The number of hydrogen-bond donors (Lipinski definition) is 2. The van der Waals surface area contributed by atoms with Crippen LogP contribution in [0.25, 0.3) is 0 Å². The van der Waals surface area contributed by atoms with Gasteiger partial charge in [-0.25, -0.2) is 5.43 Å². The summed E-state index contributed by atoms with van der Waals surface area (Å²) in [4.78, 5) is 11.8. The Morgan fingerprint density at radius 2 is 2.08 bits per heavy atom. The Morgan fingerprint density at radius 1 is 1.33 bits per heavy atom. The highest BCUT2D eigenvalue weighted by Crippen LogP contribution is 2.27. The first-order chi connectivity index (χ1) is 11.4. The zero-order valence-electron chi connectivity index (χ0n) is 13.1. The van der Waals surface area contributed by atoms with Gasteiger partial charge in [-0.3, -0.25) is 4.79 Å². The number of phenols is 1. The average molecular weight is 503 g/mol. The first kappa shape index (κ1) is 18.7. The van der Waals surface area contributed by atoms with Crippen molar-refractivity contribution in [2.24, 2.45) is 5.10 Å². The fourth-order valence-corrected chi connectivity index (χ4v) is 3.39. The Kier molecular flexibility index (Phi) is 6.61. The number of benzene rings is 2. The van der Waals surface area contributed by atoms with Crippen LogP contribution in [0.4, 0.5) is 0 Å². The zero-order chi connectivity index (χ0) is 17.7. The summed E-state index contributed by atoms with van der Waals surface area (Å²) in [5.41, 5.74) is 5.14. The molecule has 1 amide bonds. The van der Waals surface area contributed by atoms with Crippen LogP contribution >= 0.6 is 38.5 Å². The van der Waals surface area contributed by atoms with Gasteiger partial charge in [0.25, 0.3) is 5.91 Å². The summed E-state index contributed by atoms with van der Waals surface area (Å²) in [6.07, 6.45) is 1.39. The van der Waals surface area contributed by atoms with Crippen LogP contribution < -0.4 is 10.2 Å². The molecule has 0 radical (unpaired) electrons. The second-order valence-corrected chi connectivity index (χ2v) is 7.23. The number of ether oxygens (including phenoxy) is 1. The molecule has 0 aromatic heterocycles. The Bertz CT molecular complexity index is 794. The molecule has 2 aromatic rings. The van der Waals surface area contributed by atoms with E-state index in [1.54, 1.807) is 12.1 Å². The molecule has 0 unspecified atom stereocenters. The smallest absolute Gasteiger partial charge is 0.277 e. The molecule has 5 nitrogen and oxygen atoms in total. The molecule has 126 valence electrons. The van der Waals surface area contributed by atoms with Gasteiger partial charge in [-0.05, 0) is 71.8 Å². The average Bonchev–Trinajstić information content (AvgIpc) is 2.53. The summed E-state index contributed by atoms with van der Waals surface area (Å²) in [5, 5.41) is 13.8. The van der Waals surface area contributed by atoms with E-state index in [1.165, 1.54) is 11.8 Å². The molecule has 2 N–H and O–H groups in total. The van der Waals surface area contributed by atoms with Crippen molar-refractivity contribution < 1.29 is 14.6 Å². The molecule has 0 fully saturated rings. The van der Waals surface area contributed by atoms with Gasteiger partial charge in [0.05, 0.1) is 9.78 Å². The highest BCUT2D eigenvalue weighted by molar-refractivity contribution is 14.1. The first-order valence-corrected chi connectivity index (χ1v) is 8.94. The third-order valence-corrected chi connectivity index (χ3v) is 4.58. The molecule has 2 rings (SSSR count). The molecular formula is C17H16BrIN2O3. The lowest BCUT2D eigenvalue weighted by Crippen LogP contribution is -2.24. The Labute approximate surface area is 162 Å². The normalized spacial score (nSPS) is 10.8. The molecule has 24 heavy (non-hydrogen) atoms. The molecule has 0 aliphatic rings. The van der Waals surface area contributed by atoms with Gasteiger partial charge >= 0.3 is 0 Å². The zero-order valence-corrected chi connectivity index (χ0v) is 16.9. The summed E-state index contributed by atoms with van der Waals surface area (Å²) >= 11 is 5.36. The molecule has 0 bridgehead atoms. The van der Waals surface area contributed by atoms with E-state index in [1.807, 2.05) is 54.6 Å². The van der Waals surface area contributed by atoms with Crippen molar-refractivity contribution in [2.45, 2.75) is 13.8 Å². The van der Waals surface area contributed by atoms with E-state index in [0.717, 1.165) is 10.0 Å². The maximum Gasteiger partial charge on any atom is 0.277 e. The molecular weight excluding hydrogens is 487 g/mol. The number of hydrazone groups is 1. The number of aromatic hydroxyl groups is 1. The molecule has 0 spiro atoms. The van der Waals surface area contributed by atoms with Crippen LogP contribution in [-0.4, -0.2) is 23.8 Å². The van der Waals surface area contributed by atoms with Gasteiger partial charge in [0, 0.05) is 10.0 Å². The second-order valence-electron chi connectivity index (χ2n) is 5.15. The Balaban J connectivity index is 1.90. The van der Waals surface area contributed by atoms with E-state index in [9.17, 15) is 9.90 Å². The maximum absolute atomic E-state index is 11.8. The molecule has 0 aliphatic heterocycles. The van der Waals surface area contributed by atoms with Crippen molar-refractivity contribution in [1.82, 2.24) is 5.43 Å². The fraction of sp³-hybridized carbons (Fsp3) is 0.176. The maximum atomic E-state index is 11.8. The number of aryl methyl sites for hydroxylation is 2. The number of hydrogen-bond acceptors (Lipinski definition) is 4. The topological polar surface area (TPSA) is 70.9 Å². The summed E-state index contributed by atoms with van der Waals surface area (Å²) in [6.45, 7) is 3.86. The number of halogens is 2. The van der Waals surface area contributed by atoms with Gasteiger partial charge in [-0.2, -0.15) is 5.10 Å². The van der Waals surface area contributed by atoms with Crippen molar-refractivity contribution in [3.05, 3.63) is 55.1 Å². The van der Waals surface area contributed by atoms with Gasteiger partial charge < -0.3 is 9.84 Å². The predicted molar refractivity (Wildman–Crippen MR) is 106 cm³/mol. The molecule has 0 saturated heterocycles. The second kappa shape index (κ2) is 8.48. The van der Waals surface area contributed by atoms with Crippen LogP contribution in [0.15, 0.2) is 39.9 Å². The SMILES string of the molecule is Cc1ccc(OCC(=O)NN=Cc2cc(Br)cc(I)c2O)cc1C. The highest BCUT2D eigenvalue weighted by atomic mass is 127. The van der Waals surface area contributed by atoms with E-state index in [2.05, 4.69) is 26.5 Å². The summed E-state index contributed by atoms with van der Waals surface area (Å²) in [5.74, 6) is 0.369. The van der Waals surface area contributed by atoms with Gasteiger partial charge in [-0.15, -0.1) is 0 Å². The van der Waals surface area contributed by atoms with Gasteiger partial charge in [0.1, 0.15) is 11.5 Å². The number of nitrogens with one attached hydrogen (secondary N) is 1. The number of carbonyl (C=O) groups excluding carboxylic acids is 1. The standard InChI is InChI=1S/C17H16BrIN2O3/c1-10-3-4-14(5-11(10)2)24-9-16(22)21-20-8-12-6-13(18)7-15(19)17(12)23/h3-8,23H,9H2,1-2H3,(H,21,22). The van der Waals surface area contributed by atoms with E-state index in [-0.39, 0.29) is 18.3 Å². The monoisotopic (exact) mass is 502 g/mol. The summed E-state index contributed by atoms with van der Waals surface area (Å²) < 4.78 is 6.93. The number of amides is 1. The number of rotatable bonds is 5. The van der Waals surface area contributed by atoms with Crippen LogP contribution in [0.5, 0.6) is 11.5 Å². The van der Waals surface area contributed by atoms with E-state index in [4.69, 9.17) is 4.74 Å². The Morgan fingerprint density at radius 3 is 2.79 bits per heavy atom. The Hall–Kier alpha value is -1.61. The molecule has 0 aliphatic carbocycles. The minimum atomic E-state index is -0.381.